The Hall–Kier alpha value is -1.53. The van der Waals surface area contributed by atoms with Gasteiger partial charge >= 0.3 is 12.1 Å². The lowest BCUT2D eigenvalue weighted by molar-refractivity contribution is -0.147. The minimum atomic E-state index is -4.51. The van der Waals surface area contributed by atoms with Crippen molar-refractivity contribution < 1.29 is 22.7 Å². The van der Waals surface area contributed by atoms with Crippen molar-refractivity contribution >= 4 is 5.97 Å². The highest BCUT2D eigenvalue weighted by Crippen LogP contribution is 2.29. The van der Waals surface area contributed by atoms with Crippen molar-refractivity contribution in [2.45, 2.75) is 33.0 Å². The SMILES string of the molecule is CCOC(=O)C(C)n1cc(C(F)(F)F)nc1C. The minimum absolute atomic E-state index is 0.123. The number of ether oxygens (including phenoxy) is 1. The molecule has 0 aliphatic carbocycles. The molecule has 1 atom stereocenters. The summed E-state index contributed by atoms with van der Waals surface area (Å²) in [4.78, 5) is 14.8. The van der Waals surface area contributed by atoms with Crippen LogP contribution in [0, 0.1) is 6.92 Å². The van der Waals surface area contributed by atoms with Crippen molar-refractivity contribution in [1.29, 1.82) is 0 Å². The first kappa shape index (κ1) is 13.5. The largest absolute Gasteiger partial charge is 0.464 e. The third-order valence-electron chi connectivity index (χ3n) is 2.25. The molecule has 0 saturated carbocycles. The molecule has 1 heterocycles. The number of alkyl halides is 3. The Bertz CT molecular complexity index is 412. The Labute approximate surface area is 96.4 Å². The van der Waals surface area contributed by atoms with Gasteiger partial charge in [-0.3, -0.25) is 0 Å². The Morgan fingerprint density at radius 3 is 2.59 bits per heavy atom. The Kier molecular flexibility index (Phi) is 3.79. The second-order valence-corrected chi connectivity index (χ2v) is 3.51. The molecule has 96 valence electrons. The summed E-state index contributed by atoms with van der Waals surface area (Å²) in [6.45, 7) is 4.69. The molecular weight excluding hydrogens is 237 g/mol. The predicted molar refractivity (Wildman–Crippen MR) is 53.3 cm³/mol. The van der Waals surface area contributed by atoms with Gasteiger partial charge in [0.25, 0.3) is 0 Å². The second kappa shape index (κ2) is 4.77. The maximum atomic E-state index is 12.4. The number of imidazole rings is 1. The standard InChI is InChI=1S/C10H13F3N2O2/c1-4-17-9(16)6(2)15-5-8(10(11,12)13)14-7(15)3/h5-6H,4H2,1-3H3. The zero-order valence-corrected chi connectivity index (χ0v) is 9.71. The molecule has 1 unspecified atom stereocenters. The highest BCUT2D eigenvalue weighted by Gasteiger charge is 2.35. The molecule has 17 heavy (non-hydrogen) atoms. The van der Waals surface area contributed by atoms with E-state index in [0.29, 0.717) is 0 Å². The number of aromatic nitrogens is 2. The first-order valence-corrected chi connectivity index (χ1v) is 5.06. The molecule has 0 N–H and O–H groups in total. The van der Waals surface area contributed by atoms with Crippen LogP contribution in [0.25, 0.3) is 0 Å². The third-order valence-corrected chi connectivity index (χ3v) is 2.25. The van der Waals surface area contributed by atoms with Gasteiger partial charge in [0.2, 0.25) is 0 Å². The van der Waals surface area contributed by atoms with Crippen LogP contribution in [-0.2, 0) is 15.7 Å². The van der Waals surface area contributed by atoms with Crippen molar-refractivity contribution in [1.82, 2.24) is 9.55 Å². The van der Waals surface area contributed by atoms with Crippen LogP contribution in [-0.4, -0.2) is 22.1 Å². The van der Waals surface area contributed by atoms with Gasteiger partial charge in [-0.2, -0.15) is 13.2 Å². The number of rotatable bonds is 3. The predicted octanol–water partition coefficient (Wildman–Crippen LogP) is 2.33. The zero-order valence-electron chi connectivity index (χ0n) is 9.71. The van der Waals surface area contributed by atoms with Crippen molar-refractivity contribution in [3.05, 3.63) is 17.7 Å². The van der Waals surface area contributed by atoms with E-state index in [1.165, 1.54) is 13.8 Å². The molecule has 0 spiro atoms. The van der Waals surface area contributed by atoms with Crippen LogP contribution in [0.4, 0.5) is 13.2 Å². The lowest BCUT2D eigenvalue weighted by Crippen LogP contribution is -2.19. The molecule has 7 heteroatoms. The number of halogens is 3. The van der Waals surface area contributed by atoms with Crippen LogP contribution in [0.15, 0.2) is 6.20 Å². The molecule has 1 aromatic heterocycles. The van der Waals surface area contributed by atoms with E-state index in [1.54, 1.807) is 6.92 Å². The molecule has 1 rings (SSSR count). The Morgan fingerprint density at radius 2 is 2.18 bits per heavy atom. The molecular formula is C10H13F3N2O2. The smallest absolute Gasteiger partial charge is 0.434 e. The molecule has 0 bridgehead atoms. The van der Waals surface area contributed by atoms with Crippen molar-refractivity contribution in [2.24, 2.45) is 0 Å². The van der Waals surface area contributed by atoms with E-state index >= 15 is 0 Å². The van der Waals surface area contributed by atoms with Gasteiger partial charge in [-0.25, -0.2) is 9.78 Å². The van der Waals surface area contributed by atoms with Crippen LogP contribution in [0.1, 0.15) is 31.4 Å². The first-order valence-electron chi connectivity index (χ1n) is 5.06. The molecule has 0 aliphatic rings. The van der Waals surface area contributed by atoms with Crippen LogP contribution in [0.2, 0.25) is 0 Å². The van der Waals surface area contributed by atoms with Gasteiger partial charge in [0.05, 0.1) is 6.61 Å². The van der Waals surface area contributed by atoms with E-state index in [-0.39, 0.29) is 12.4 Å². The molecule has 0 saturated heterocycles. The highest BCUT2D eigenvalue weighted by molar-refractivity contribution is 5.73. The third kappa shape index (κ3) is 2.98. The summed E-state index contributed by atoms with van der Waals surface area (Å²) in [7, 11) is 0. The van der Waals surface area contributed by atoms with E-state index < -0.39 is 23.9 Å². The second-order valence-electron chi connectivity index (χ2n) is 3.51. The zero-order chi connectivity index (χ0) is 13.2. The van der Waals surface area contributed by atoms with Crippen LogP contribution < -0.4 is 0 Å². The van der Waals surface area contributed by atoms with Crippen LogP contribution >= 0.6 is 0 Å². The average Bonchev–Trinajstić information content (AvgIpc) is 2.59. The van der Waals surface area contributed by atoms with Gasteiger partial charge in [0.15, 0.2) is 5.69 Å². The first-order chi connectivity index (χ1) is 7.77. The lowest BCUT2D eigenvalue weighted by atomic mass is 10.3. The summed E-state index contributed by atoms with van der Waals surface area (Å²) in [6, 6.07) is -0.821. The summed E-state index contributed by atoms with van der Waals surface area (Å²) < 4.78 is 43.1. The van der Waals surface area contributed by atoms with E-state index in [1.807, 2.05) is 0 Å². The van der Waals surface area contributed by atoms with Gasteiger partial charge in [-0.1, -0.05) is 0 Å². The van der Waals surface area contributed by atoms with Crippen LogP contribution in [0.5, 0.6) is 0 Å². The van der Waals surface area contributed by atoms with Gasteiger partial charge in [0, 0.05) is 6.20 Å². The summed E-state index contributed by atoms with van der Waals surface area (Å²) in [5.74, 6) is -0.459. The fraction of sp³-hybridized carbons (Fsp3) is 0.600. The minimum Gasteiger partial charge on any atom is -0.464 e. The maximum Gasteiger partial charge on any atom is 0.434 e. The quantitative estimate of drug-likeness (QED) is 0.773. The van der Waals surface area contributed by atoms with E-state index in [2.05, 4.69) is 4.98 Å². The van der Waals surface area contributed by atoms with E-state index in [0.717, 1.165) is 10.8 Å². The molecule has 0 aliphatic heterocycles. The Morgan fingerprint density at radius 1 is 1.59 bits per heavy atom. The maximum absolute atomic E-state index is 12.4. The summed E-state index contributed by atoms with van der Waals surface area (Å²) >= 11 is 0. The topological polar surface area (TPSA) is 44.1 Å². The number of carbonyl (C=O) groups excluding carboxylic acids is 1. The summed E-state index contributed by atoms with van der Waals surface area (Å²) in [6.07, 6.45) is -3.69. The van der Waals surface area contributed by atoms with Crippen molar-refractivity contribution in [3.8, 4) is 0 Å². The molecule has 4 nitrogen and oxygen atoms in total. The van der Waals surface area contributed by atoms with Crippen molar-refractivity contribution in [2.75, 3.05) is 6.61 Å². The molecule has 0 fully saturated rings. The number of esters is 1. The van der Waals surface area contributed by atoms with Gasteiger partial charge < -0.3 is 9.30 Å². The van der Waals surface area contributed by atoms with E-state index in [4.69, 9.17) is 4.74 Å². The molecule has 0 aromatic carbocycles. The van der Waals surface area contributed by atoms with Gasteiger partial charge in [-0.15, -0.1) is 0 Å². The fourth-order valence-corrected chi connectivity index (χ4v) is 1.39. The fourth-order valence-electron chi connectivity index (χ4n) is 1.39. The van der Waals surface area contributed by atoms with E-state index in [9.17, 15) is 18.0 Å². The number of aryl methyl sites for hydroxylation is 1. The van der Waals surface area contributed by atoms with Gasteiger partial charge in [0.1, 0.15) is 11.9 Å². The average molecular weight is 250 g/mol. The monoisotopic (exact) mass is 250 g/mol. The molecule has 0 radical (unpaired) electrons. The number of hydrogen-bond acceptors (Lipinski definition) is 3. The summed E-state index contributed by atoms with van der Waals surface area (Å²) in [5.41, 5.74) is -1.01. The number of carbonyl (C=O) groups is 1. The van der Waals surface area contributed by atoms with Crippen LogP contribution in [0.3, 0.4) is 0 Å². The number of hydrogen-bond donors (Lipinski definition) is 0. The molecule has 0 amide bonds. The lowest BCUT2D eigenvalue weighted by Gasteiger charge is -2.13. The highest BCUT2D eigenvalue weighted by atomic mass is 19.4. The molecule has 1 aromatic rings. The Balaban J connectivity index is 2.99. The van der Waals surface area contributed by atoms with Crippen molar-refractivity contribution in [3.63, 3.8) is 0 Å². The van der Waals surface area contributed by atoms with Gasteiger partial charge in [-0.05, 0) is 20.8 Å². The normalized spacial score (nSPS) is 13.5. The number of nitrogens with zero attached hydrogens (tertiary/aromatic N) is 2. The summed E-state index contributed by atoms with van der Waals surface area (Å²) in [5, 5.41) is 0.